The Hall–Kier alpha value is -3.09. The normalized spacial score (nSPS) is 14.6. The van der Waals surface area contributed by atoms with Crippen LogP contribution in [0.1, 0.15) is 15.9 Å². The number of aryl methyl sites for hydroxylation is 2. The molecule has 1 aliphatic rings. The lowest BCUT2D eigenvalue weighted by Gasteiger charge is -2.35. The van der Waals surface area contributed by atoms with Crippen molar-refractivity contribution in [2.45, 2.75) is 6.92 Å². The van der Waals surface area contributed by atoms with Crippen molar-refractivity contribution in [3.8, 4) is 5.75 Å². The molecule has 3 heterocycles. The number of ether oxygens (including phenoxy) is 1. The molecule has 7 heteroatoms. The van der Waals surface area contributed by atoms with Gasteiger partial charge in [0, 0.05) is 50.9 Å². The lowest BCUT2D eigenvalue weighted by molar-refractivity contribution is 0.0746. The smallest absolute Gasteiger partial charge is 0.257 e. The summed E-state index contributed by atoms with van der Waals surface area (Å²) in [6, 6.07) is 8.09. The minimum absolute atomic E-state index is 0.0372. The molecule has 0 saturated carbocycles. The quantitative estimate of drug-likeness (QED) is 0.712. The first-order chi connectivity index (χ1) is 13.0. The molecule has 3 aromatic rings. The maximum absolute atomic E-state index is 12.6. The van der Waals surface area contributed by atoms with Crippen LogP contribution < -0.4 is 9.64 Å². The monoisotopic (exact) mass is 365 g/mol. The Kier molecular flexibility index (Phi) is 4.43. The molecule has 0 atom stereocenters. The van der Waals surface area contributed by atoms with E-state index in [0.29, 0.717) is 18.7 Å². The fraction of sp³-hybridized carbons (Fsp3) is 0.350. The van der Waals surface area contributed by atoms with E-state index >= 15 is 0 Å². The number of hydrogen-bond acceptors (Lipinski definition) is 5. The van der Waals surface area contributed by atoms with Crippen molar-refractivity contribution in [1.82, 2.24) is 19.7 Å². The Bertz CT molecular complexity index is 989. The Morgan fingerprint density at radius 2 is 1.93 bits per heavy atom. The molecule has 1 fully saturated rings. The maximum atomic E-state index is 12.6. The molecule has 140 valence electrons. The summed E-state index contributed by atoms with van der Waals surface area (Å²) in [4.78, 5) is 21.5. The zero-order chi connectivity index (χ0) is 19.0. The molecule has 1 amide bonds. The molecule has 0 bridgehead atoms. The minimum Gasteiger partial charge on any atom is -0.497 e. The van der Waals surface area contributed by atoms with Crippen LogP contribution in [-0.4, -0.2) is 58.9 Å². The third kappa shape index (κ3) is 3.32. The average Bonchev–Trinajstić information content (AvgIpc) is 3.13. The van der Waals surface area contributed by atoms with Gasteiger partial charge in [0.05, 0.1) is 24.4 Å². The van der Waals surface area contributed by atoms with Gasteiger partial charge < -0.3 is 14.5 Å². The van der Waals surface area contributed by atoms with Gasteiger partial charge in [-0.05, 0) is 30.7 Å². The number of carbonyl (C=O) groups excluding carboxylic acids is 1. The molecule has 7 nitrogen and oxygen atoms in total. The van der Waals surface area contributed by atoms with Gasteiger partial charge in [-0.3, -0.25) is 9.48 Å². The van der Waals surface area contributed by atoms with E-state index in [-0.39, 0.29) is 5.91 Å². The predicted octanol–water partition coefficient (Wildman–Crippen LogP) is 2.25. The number of piperazine rings is 1. The number of pyridine rings is 1. The van der Waals surface area contributed by atoms with Crippen LogP contribution in [0.15, 0.2) is 36.7 Å². The molecule has 4 rings (SSSR count). The van der Waals surface area contributed by atoms with Crippen LogP contribution in [0.5, 0.6) is 5.75 Å². The number of carbonyl (C=O) groups is 1. The van der Waals surface area contributed by atoms with E-state index in [1.54, 1.807) is 24.2 Å². The zero-order valence-corrected chi connectivity index (χ0v) is 15.8. The lowest BCUT2D eigenvalue weighted by Crippen LogP contribution is -2.49. The Balaban J connectivity index is 1.51. The Morgan fingerprint density at radius 3 is 2.59 bits per heavy atom. The van der Waals surface area contributed by atoms with Crippen molar-refractivity contribution in [2.75, 3.05) is 38.2 Å². The first-order valence-electron chi connectivity index (χ1n) is 9.03. The molecule has 1 aromatic carbocycles. The van der Waals surface area contributed by atoms with Gasteiger partial charge in [-0.25, -0.2) is 4.98 Å². The van der Waals surface area contributed by atoms with Crippen LogP contribution in [-0.2, 0) is 7.05 Å². The largest absolute Gasteiger partial charge is 0.497 e. The third-order valence-electron chi connectivity index (χ3n) is 5.05. The van der Waals surface area contributed by atoms with Crippen LogP contribution in [0.25, 0.3) is 10.9 Å². The molecule has 0 aliphatic carbocycles. The summed E-state index contributed by atoms with van der Waals surface area (Å²) in [7, 11) is 3.48. The lowest BCUT2D eigenvalue weighted by atomic mass is 10.1. The van der Waals surface area contributed by atoms with Crippen molar-refractivity contribution in [3.63, 3.8) is 0 Å². The number of rotatable bonds is 3. The molecule has 1 saturated heterocycles. The summed E-state index contributed by atoms with van der Waals surface area (Å²) in [5, 5.41) is 5.22. The van der Waals surface area contributed by atoms with E-state index in [9.17, 15) is 4.79 Å². The van der Waals surface area contributed by atoms with Gasteiger partial charge in [0.15, 0.2) is 0 Å². The number of fused-ring (bicyclic) bond motifs is 1. The van der Waals surface area contributed by atoms with E-state index in [0.717, 1.165) is 35.6 Å². The fourth-order valence-corrected chi connectivity index (χ4v) is 3.51. The van der Waals surface area contributed by atoms with Gasteiger partial charge in [0.25, 0.3) is 5.91 Å². The first kappa shape index (κ1) is 17.3. The van der Waals surface area contributed by atoms with Gasteiger partial charge in [-0.2, -0.15) is 5.10 Å². The van der Waals surface area contributed by atoms with Crippen molar-refractivity contribution < 1.29 is 9.53 Å². The fourth-order valence-electron chi connectivity index (χ4n) is 3.51. The Morgan fingerprint density at radius 1 is 1.15 bits per heavy atom. The highest BCUT2D eigenvalue weighted by molar-refractivity contribution is 5.94. The van der Waals surface area contributed by atoms with E-state index < -0.39 is 0 Å². The number of nitrogens with zero attached hydrogens (tertiary/aromatic N) is 5. The molecule has 0 spiro atoms. The minimum atomic E-state index is 0.0372. The summed E-state index contributed by atoms with van der Waals surface area (Å²) in [5.74, 6) is 1.79. The SMILES string of the molecule is COc1ccc2c(C)cc(N3CCN(C(=O)c4cnn(C)c4)CC3)nc2c1. The molecular weight excluding hydrogens is 342 g/mol. The topological polar surface area (TPSA) is 63.5 Å². The summed E-state index contributed by atoms with van der Waals surface area (Å²) < 4.78 is 6.98. The standard InChI is InChI=1S/C20H23N5O2/c1-14-10-19(22-18-11-16(27-3)4-5-17(14)18)24-6-8-25(9-7-24)20(26)15-12-21-23(2)13-15/h4-5,10-13H,6-9H2,1-3H3. The maximum Gasteiger partial charge on any atom is 0.257 e. The average molecular weight is 365 g/mol. The highest BCUT2D eigenvalue weighted by Gasteiger charge is 2.24. The number of aromatic nitrogens is 3. The van der Waals surface area contributed by atoms with Crippen LogP contribution in [0, 0.1) is 6.92 Å². The van der Waals surface area contributed by atoms with Gasteiger partial charge in [0.1, 0.15) is 11.6 Å². The van der Waals surface area contributed by atoms with Crippen LogP contribution in [0.2, 0.25) is 0 Å². The van der Waals surface area contributed by atoms with Crippen molar-refractivity contribution in [1.29, 1.82) is 0 Å². The predicted molar refractivity (Wildman–Crippen MR) is 104 cm³/mol. The second kappa shape index (κ2) is 6.90. The van der Waals surface area contributed by atoms with Gasteiger partial charge >= 0.3 is 0 Å². The third-order valence-corrected chi connectivity index (χ3v) is 5.05. The molecular formula is C20H23N5O2. The van der Waals surface area contributed by atoms with Gasteiger partial charge in [0.2, 0.25) is 0 Å². The zero-order valence-electron chi connectivity index (χ0n) is 15.8. The molecule has 0 unspecified atom stereocenters. The highest BCUT2D eigenvalue weighted by Crippen LogP contribution is 2.26. The molecule has 2 aromatic heterocycles. The summed E-state index contributed by atoms with van der Waals surface area (Å²) in [6.07, 6.45) is 3.38. The van der Waals surface area contributed by atoms with Crippen molar-refractivity contribution >= 4 is 22.6 Å². The molecule has 0 radical (unpaired) electrons. The van der Waals surface area contributed by atoms with Crippen molar-refractivity contribution in [2.24, 2.45) is 7.05 Å². The number of benzene rings is 1. The van der Waals surface area contributed by atoms with Crippen LogP contribution in [0.3, 0.4) is 0 Å². The van der Waals surface area contributed by atoms with E-state index in [2.05, 4.69) is 23.0 Å². The Labute approximate surface area is 158 Å². The number of methoxy groups -OCH3 is 1. The van der Waals surface area contributed by atoms with Gasteiger partial charge in [-0.1, -0.05) is 0 Å². The van der Waals surface area contributed by atoms with Crippen molar-refractivity contribution in [3.05, 3.63) is 47.8 Å². The summed E-state index contributed by atoms with van der Waals surface area (Å²) in [5.41, 5.74) is 2.75. The van der Waals surface area contributed by atoms with Gasteiger partial charge in [-0.15, -0.1) is 0 Å². The molecule has 1 aliphatic heterocycles. The molecule has 0 N–H and O–H groups in total. The van der Waals surface area contributed by atoms with Crippen LogP contribution >= 0.6 is 0 Å². The number of anilines is 1. The summed E-state index contributed by atoms with van der Waals surface area (Å²) >= 11 is 0. The number of amides is 1. The summed E-state index contributed by atoms with van der Waals surface area (Å²) in [6.45, 7) is 4.96. The second-order valence-electron chi connectivity index (χ2n) is 6.86. The first-order valence-corrected chi connectivity index (χ1v) is 9.03. The highest BCUT2D eigenvalue weighted by atomic mass is 16.5. The van der Waals surface area contributed by atoms with E-state index in [1.807, 2.05) is 30.1 Å². The second-order valence-corrected chi connectivity index (χ2v) is 6.86. The number of hydrogen-bond donors (Lipinski definition) is 0. The van der Waals surface area contributed by atoms with Crippen LogP contribution in [0.4, 0.5) is 5.82 Å². The van der Waals surface area contributed by atoms with E-state index in [4.69, 9.17) is 9.72 Å². The van der Waals surface area contributed by atoms with E-state index in [1.165, 1.54) is 5.56 Å². The molecule has 27 heavy (non-hydrogen) atoms.